The Morgan fingerprint density at radius 1 is 0.941 bits per heavy atom. The van der Waals surface area contributed by atoms with E-state index in [1.54, 1.807) is 6.07 Å². The smallest absolute Gasteiger partial charge is 0.258 e. The monoisotopic (exact) mass is 470 g/mol. The molecule has 0 atom stereocenters. The predicted molar refractivity (Wildman–Crippen MR) is 128 cm³/mol. The summed E-state index contributed by atoms with van der Waals surface area (Å²) in [5.74, 6) is 1.95. The number of hydrogen-bond acceptors (Lipinski definition) is 7. The van der Waals surface area contributed by atoms with Gasteiger partial charge in [0.1, 0.15) is 5.75 Å². The fourth-order valence-corrected chi connectivity index (χ4v) is 4.52. The largest absolute Gasteiger partial charge is 0.492 e. The number of hydrogen-bond donors (Lipinski definition) is 1. The molecule has 0 radical (unpaired) electrons. The maximum absolute atomic E-state index is 13.9. The molecule has 1 aliphatic heterocycles. The molecule has 1 aliphatic carbocycles. The average Bonchev–Trinajstić information content (AvgIpc) is 3.70. The molecule has 4 rings (SSSR count). The molecule has 0 aromatic heterocycles. The van der Waals surface area contributed by atoms with Gasteiger partial charge in [0.15, 0.2) is 11.5 Å². The SMILES string of the molecule is COc1c(Oc2ccc(CCN)cc2)cc(C(=O)N(C2CCOCC2)C2CC2)c(OC)c1OC. The highest BCUT2D eigenvalue weighted by atomic mass is 16.5. The molecule has 0 spiro atoms. The van der Waals surface area contributed by atoms with E-state index in [1.807, 2.05) is 29.2 Å². The molecule has 1 amide bonds. The van der Waals surface area contributed by atoms with Gasteiger partial charge in [-0.3, -0.25) is 4.79 Å². The third-order valence-corrected chi connectivity index (χ3v) is 6.34. The van der Waals surface area contributed by atoms with E-state index in [0.29, 0.717) is 54.1 Å². The fraction of sp³-hybridized carbons (Fsp3) is 0.500. The first kappa shape index (κ1) is 24.2. The van der Waals surface area contributed by atoms with Crippen molar-refractivity contribution in [3.05, 3.63) is 41.5 Å². The third kappa shape index (κ3) is 5.08. The van der Waals surface area contributed by atoms with E-state index >= 15 is 0 Å². The van der Waals surface area contributed by atoms with Crippen LogP contribution in [0.2, 0.25) is 0 Å². The maximum atomic E-state index is 13.9. The molecule has 8 heteroatoms. The molecule has 8 nitrogen and oxygen atoms in total. The van der Waals surface area contributed by atoms with Crippen LogP contribution in [0.5, 0.6) is 28.7 Å². The number of amides is 1. The summed E-state index contributed by atoms with van der Waals surface area (Å²) < 4.78 is 28.7. The Bertz CT molecular complexity index is 984. The van der Waals surface area contributed by atoms with Crippen molar-refractivity contribution >= 4 is 5.91 Å². The maximum Gasteiger partial charge on any atom is 0.258 e. The number of ether oxygens (including phenoxy) is 5. The summed E-state index contributed by atoms with van der Waals surface area (Å²) >= 11 is 0. The second kappa shape index (κ2) is 11.0. The van der Waals surface area contributed by atoms with E-state index < -0.39 is 0 Å². The molecule has 1 saturated heterocycles. The highest BCUT2D eigenvalue weighted by Crippen LogP contribution is 2.49. The molecule has 1 heterocycles. The van der Waals surface area contributed by atoms with Crippen molar-refractivity contribution in [1.29, 1.82) is 0 Å². The molecular weight excluding hydrogens is 436 g/mol. The highest BCUT2D eigenvalue weighted by Gasteiger charge is 2.40. The van der Waals surface area contributed by atoms with Crippen LogP contribution in [0.15, 0.2) is 30.3 Å². The number of carbonyl (C=O) groups is 1. The number of nitrogens with zero attached hydrogens (tertiary/aromatic N) is 1. The number of nitrogens with two attached hydrogens (primary N) is 1. The molecule has 0 unspecified atom stereocenters. The van der Waals surface area contributed by atoms with Crippen LogP contribution >= 0.6 is 0 Å². The van der Waals surface area contributed by atoms with Gasteiger partial charge in [-0.15, -0.1) is 0 Å². The van der Waals surface area contributed by atoms with Crippen LogP contribution < -0.4 is 24.7 Å². The Kier molecular flexibility index (Phi) is 7.80. The van der Waals surface area contributed by atoms with Gasteiger partial charge in [0, 0.05) is 31.4 Å². The van der Waals surface area contributed by atoms with Gasteiger partial charge in [0.2, 0.25) is 11.5 Å². The van der Waals surface area contributed by atoms with Gasteiger partial charge in [-0.25, -0.2) is 0 Å². The van der Waals surface area contributed by atoms with Crippen molar-refractivity contribution in [2.75, 3.05) is 41.1 Å². The van der Waals surface area contributed by atoms with E-state index in [9.17, 15) is 4.79 Å². The Balaban J connectivity index is 1.73. The molecule has 1 saturated carbocycles. The lowest BCUT2D eigenvalue weighted by Gasteiger charge is -2.35. The van der Waals surface area contributed by atoms with Crippen LogP contribution in [-0.2, 0) is 11.2 Å². The average molecular weight is 471 g/mol. The Morgan fingerprint density at radius 3 is 2.12 bits per heavy atom. The second-order valence-electron chi connectivity index (χ2n) is 8.59. The summed E-state index contributed by atoms with van der Waals surface area (Å²) in [6, 6.07) is 9.79. The molecule has 2 aromatic rings. The van der Waals surface area contributed by atoms with E-state index in [0.717, 1.165) is 37.7 Å². The summed E-state index contributed by atoms with van der Waals surface area (Å²) in [4.78, 5) is 15.9. The number of benzene rings is 2. The van der Waals surface area contributed by atoms with Crippen molar-refractivity contribution in [1.82, 2.24) is 4.90 Å². The first-order valence-electron chi connectivity index (χ1n) is 11.8. The van der Waals surface area contributed by atoms with Crippen molar-refractivity contribution < 1.29 is 28.5 Å². The topological polar surface area (TPSA) is 92.5 Å². The zero-order chi connectivity index (χ0) is 24.1. The van der Waals surface area contributed by atoms with Gasteiger partial charge >= 0.3 is 0 Å². The number of rotatable bonds is 10. The lowest BCUT2D eigenvalue weighted by atomic mass is 10.0. The standard InChI is InChI=1S/C26H34N2O6/c1-30-23-21(26(29)28(18-6-7-18)19-11-14-33-15-12-19)16-22(24(31-2)25(23)32-3)34-20-8-4-17(5-9-20)10-13-27/h4-5,8-9,16,18-19H,6-7,10-15,27H2,1-3H3. The molecule has 2 aromatic carbocycles. The van der Waals surface area contributed by atoms with Gasteiger partial charge in [0.05, 0.1) is 26.9 Å². The molecule has 2 N–H and O–H groups in total. The van der Waals surface area contributed by atoms with Crippen LogP contribution in [0.25, 0.3) is 0 Å². The highest BCUT2D eigenvalue weighted by molar-refractivity contribution is 5.99. The summed E-state index contributed by atoms with van der Waals surface area (Å²) in [5.41, 5.74) is 7.17. The number of carbonyl (C=O) groups excluding carboxylic acids is 1. The van der Waals surface area contributed by atoms with Crippen molar-refractivity contribution in [2.45, 2.75) is 44.2 Å². The Hall–Kier alpha value is -2.97. The summed E-state index contributed by atoms with van der Waals surface area (Å²) in [7, 11) is 4.59. The van der Waals surface area contributed by atoms with Gasteiger partial charge in [-0.1, -0.05) is 12.1 Å². The predicted octanol–water partition coefficient (Wildman–Crippen LogP) is 3.79. The minimum Gasteiger partial charge on any atom is -0.492 e. The molecule has 34 heavy (non-hydrogen) atoms. The number of methoxy groups -OCH3 is 3. The first-order chi connectivity index (χ1) is 16.6. The first-order valence-corrected chi connectivity index (χ1v) is 11.8. The normalized spacial score (nSPS) is 16.1. The molecule has 0 bridgehead atoms. The van der Waals surface area contributed by atoms with E-state index in [-0.39, 0.29) is 18.0 Å². The van der Waals surface area contributed by atoms with Crippen LogP contribution in [0.4, 0.5) is 0 Å². The van der Waals surface area contributed by atoms with Gasteiger partial charge < -0.3 is 34.3 Å². The fourth-order valence-electron chi connectivity index (χ4n) is 4.52. The second-order valence-corrected chi connectivity index (χ2v) is 8.59. The zero-order valence-electron chi connectivity index (χ0n) is 20.2. The quantitative estimate of drug-likeness (QED) is 0.565. The van der Waals surface area contributed by atoms with Crippen molar-refractivity contribution in [3.63, 3.8) is 0 Å². The summed E-state index contributed by atoms with van der Waals surface area (Å²) in [5, 5.41) is 0. The molecule has 2 aliphatic rings. The van der Waals surface area contributed by atoms with Crippen LogP contribution in [0, 0.1) is 0 Å². The zero-order valence-corrected chi connectivity index (χ0v) is 20.2. The van der Waals surface area contributed by atoms with Crippen LogP contribution in [-0.4, -0.2) is 64.0 Å². The van der Waals surface area contributed by atoms with Gasteiger partial charge in [-0.2, -0.15) is 0 Å². The summed E-state index contributed by atoms with van der Waals surface area (Å²) in [6.07, 6.45) is 4.48. The van der Waals surface area contributed by atoms with Gasteiger partial charge in [0.25, 0.3) is 5.91 Å². The molecular formula is C26H34N2O6. The van der Waals surface area contributed by atoms with Crippen molar-refractivity contribution in [3.8, 4) is 28.7 Å². The summed E-state index contributed by atoms with van der Waals surface area (Å²) in [6.45, 7) is 1.91. The van der Waals surface area contributed by atoms with E-state index in [1.165, 1.54) is 21.3 Å². The van der Waals surface area contributed by atoms with Gasteiger partial charge in [-0.05, 0) is 56.3 Å². The molecule has 184 valence electrons. The van der Waals surface area contributed by atoms with Crippen LogP contribution in [0.1, 0.15) is 41.6 Å². The van der Waals surface area contributed by atoms with Crippen molar-refractivity contribution in [2.24, 2.45) is 5.73 Å². The Morgan fingerprint density at radius 2 is 1.56 bits per heavy atom. The minimum absolute atomic E-state index is 0.0876. The lowest BCUT2D eigenvalue weighted by molar-refractivity contribution is 0.0265. The Labute approximate surface area is 200 Å². The third-order valence-electron chi connectivity index (χ3n) is 6.34. The van der Waals surface area contributed by atoms with E-state index in [4.69, 9.17) is 29.4 Å². The van der Waals surface area contributed by atoms with Crippen LogP contribution in [0.3, 0.4) is 0 Å². The lowest BCUT2D eigenvalue weighted by Crippen LogP contribution is -2.45. The minimum atomic E-state index is -0.0876. The van der Waals surface area contributed by atoms with E-state index in [2.05, 4.69) is 0 Å². The molecule has 2 fully saturated rings.